The first kappa shape index (κ1) is 8.82. The van der Waals surface area contributed by atoms with Gasteiger partial charge in [-0.15, -0.1) is 0 Å². The van der Waals surface area contributed by atoms with Crippen molar-refractivity contribution in [2.24, 2.45) is 5.92 Å². The van der Waals surface area contributed by atoms with Crippen LogP contribution in [0.25, 0.3) is 0 Å². The number of piperidine rings is 1. The molecule has 0 N–H and O–H groups in total. The van der Waals surface area contributed by atoms with Crippen LogP contribution in [0.15, 0.2) is 24.3 Å². The molecule has 2 atom stereocenters. The highest BCUT2D eigenvalue weighted by Gasteiger charge is 2.31. The lowest BCUT2D eigenvalue weighted by Crippen LogP contribution is -2.45. The summed E-state index contributed by atoms with van der Waals surface area (Å²) in [5.41, 5.74) is 0. The average molecular weight is 198 g/mol. The van der Waals surface area contributed by atoms with Gasteiger partial charge in [-0.05, 0) is 24.4 Å². The molecule has 0 aromatic rings. The Hall–Kier alpha value is -0.760. The molecule has 2 unspecified atom stereocenters. The van der Waals surface area contributed by atoms with Gasteiger partial charge in [0, 0.05) is 12.5 Å². The van der Waals surface area contributed by atoms with Crippen molar-refractivity contribution in [3.63, 3.8) is 0 Å². The minimum absolute atomic E-state index is 0.198. The van der Waals surface area contributed by atoms with Crippen LogP contribution in [0.5, 0.6) is 0 Å². The fourth-order valence-corrected chi connectivity index (χ4v) is 2.29. The standard InChI is InChI=1S/C10H12ClNO/c11-10(13)12-7-3-5-8-4-1-2-6-9(8)12/h1-2,4,6,8-9H,3,5,7H2. The molecule has 1 aliphatic carbocycles. The summed E-state index contributed by atoms with van der Waals surface area (Å²) in [4.78, 5) is 12.8. The quantitative estimate of drug-likeness (QED) is 0.432. The Morgan fingerprint density at radius 2 is 2.15 bits per heavy atom. The molecule has 1 fully saturated rings. The molecular formula is C10H12ClNO. The smallest absolute Gasteiger partial charge is 0.316 e. The van der Waals surface area contributed by atoms with Crippen molar-refractivity contribution in [1.82, 2.24) is 4.90 Å². The molecule has 0 radical (unpaired) electrons. The van der Waals surface area contributed by atoms with Gasteiger partial charge in [-0.1, -0.05) is 24.3 Å². The highest BCUT2D eigenvalue weighted by Crippen LogP contribution is 2.28. The van der Waals surface area contributed by atoms with E-state index in [0.717, 1.165) is 19.4 Å². The van der Waals surface area contributed by atoms with Crippen LogP contribution in [0, 0.1) is 5.92 Å². The van der Waals surface area contributed by atoms with Crippen LogP contribution in [0.1, 0.15) is 12.8 Å². The van der Waals surface area contributed by atoms with Crippen LogP contribution >= 0.6 is 11.6 Å². The number of fused-ring (bicyclic) bond motifs is 1. The predicted octanol–water partition coefficient (Wildman–Crippen LogP) is 2.55. The van der Waals surface area contributed by atoms with E-state index in [9.17, 15) is 4.79 Å². The molecule has 0 aromatic carbocycles. The van der Waals surface area contributed by atoms with Crippen molar-refractivity contribution in [2.75, 3.05) is 6.54 Å². The number of hydrogen-bond donors (Lipinski definition) is 0. The van der Waals surface area contributed by atoms with Crippen molar-refractivity contribution >= 4 is 17.0 Å². The lowest BCUT2D eigenvalue weighted by Gasteiger charge is -2.38. The number of carbonyl (C=O) groups is 1. The first-order chi connectivity index (χ1) is 6.29. The Balaban J connectivity index is 2.17. The average Bonchev–Trinajstić information content (AvgIpc) is 2.17. The largest absolute Gasteiger partial charge is 0.322 e. The van der Waals surface area contributed by atoms with Crippen LogP contribution < -0.4 is 0 Å². The molecule has 13 heavy (non-hydrogen) atoms. The van der Waals surface area contributed by atoms with E-state index in [0.29, 0.717) is 5.92 Å². The Bertz CT molecular complexity index is 272. The van der Waals surface area contributed by atoms with Gasteiger partial charge in [-0.2, -0.15) is 0 Å². The fraction of sp³-hybridized carbons (Fsp3) is 0.500. The third-order valence-corrected chi connectivity index (χ3v) is 2.96. The molecule has 70 valence electrons. The third kappa shape index (κ3) is 1.63. The zero-order valence-corrected chi connectivity index (χ0v) is 8.07. The molecule has 1 saturated heterocycles. The van der Waals surface area contributed by atoms with Gasteiger partial charge in [0.15, 0.2) is 0 Å². The number of carbonyl (C=O) groups excluding carboxylic acids is 1. The number of allylic oxidation sites excluding steroid dienone is 2. The van der Waals surface area contributed by atoms with Crippen molar-refractivity contribution in [3.05, 3.63) is 24.3 Å². The minimum Gasteiger partial charge on any atom is -0.322 e. The topological polar surface area (TPSA) is 20.3 Å². The van der Waals surface area contributed by atoms with E-state index in [1.807, 2.05) is 12.2 Å². The van der Waals surface area contributed by atoms with Crippen molar-refractivity contribution in [2.45, 2.75) is 18.9 Å². The SMILES string of the molecule is O=C(Cl)N1CCCC2C=CC=CC21. The number of hydrogen-bond acceptors (Lipinski definition) is 1. The number of nitrogens with zero attached hydrogens (tertiary/aromatic N) is 1. The Kier molecular flexibility index (Phi) is 2.40. The van der Waals surface area contributed by atoms with Crippen molar-refractivity contribution in [3.8, 4) is 0 Å². The molecular weight excluding hydrogens is 186 g/mol. The Morgan fingerprint density at radius 3 is 2.92 bits per heavy atom. The maximum absolute atomic E-state index is 11.1. The normalized spacial score (nSPS) is 31.6. The van der Waals surface area contributed by atoms with Crippen LogP contribution in [0.4, 0.5) is 4.79 Å². The summed E-state index contributed by atoms with van der Waals surface area (Å²) in [5.74, 6) is 0.474. The molecule has 3 heteroatoms. The zero-order valence-electron chi connectivity index (χ0n) is 7.32. The number of amides is 1. The summed E-state index contributed by atoms with van der Waals surface area (Å²) in [6, 6.07) is 0.198. The third-order valence-electron chi connectivity index (χ3n) is 2.74. The number of likely N-dealkylation sites (tertiary alicyclic amines) is 1. The molecule has 0 saturated carbocycles. The van der Waals surface area contributed by atoms with E-state index in [4.69, 9.17) is 11.6 Å². The zero-order chi connectivity index (χ0) is 9.26. The number of halogens is 1. The van der Waals surface area contributed by atoms with Crippen molar-refractivity contribution in [1.29, 1.82) is 0 Å². The van der Waals surface area contributed by atoms with E-state index in [1.54, 1.807) is 4.90 Å². The van der Waals surface area contributed by atoms with Gasteiger partial charge < -0.3 is 4.90 Å². The highest BCUT2D eigenvalue weighted by atomic mass is 35.5. The van der Waals surface area contributed by atoms with Gasteiger partial charge >= 0.3 is 5.37 Å². The maximum Gasteiger partial charge on any atom is 0.316 e. The molecule has 2 rings (SSSR count). The van der Waals surface area contributed by atoms with Crippen LogP contribution in [0.2, 0.25) is 0 Å². The Labute approximate surface area is 82.9 Å². The minimum atomic E-state index is -0.324. The van der Waals surface area contributed by atoms with E-state index in [-0.39, 0.29) is 11.4 Å². The highest BCUT2D eigenvalue weighted by molar-refractivity contribution is 6.62. The van der Waals surface area contributed by atoms with Crippen LogP contribution in [-0.2, 0) is 0 Å². The monoisotopic (exact) mass is 197 g/mol. The summed E-state index contributed by atoms with van der Waals surface area (Å²) in [5, 5.41) is -0.324. The van der Waals surface area contributed by atoms with E-state index >= 15 is 0 Å². The summed E-state index contributed by atoms with van der Waals surface area (Å²) < 4.78 is 0. The molecule has 1 amide bonds. The predicted molar refractivity (Wildman–Crippen MR) is 52.7 cm³/mol. The van der Waals surface area contributed by atoms with E-state index in [2.05, 4.69) is 12.2 Å². The Morgan fingerprint density at radius 1 is 1.38 bits per heavy atom. The molecule has 2 aliphatic rings. The summed E-state index contributed by atoms with van der Waals surface area (Å²) in [7, 11) is 0. The molecule has 1 heterocycles. The first-order valence-electron chi connectivity index (χ1n) is 4.60. The molecule has 0 spiro atoms. The van der Waals surface area contributed by atoms with E-state index < -0.39 is 0 Å². The van der Waals surface area contributed by atoms with Gasteiger partial charge in [0.1, 0.15) is 0 Å². The second-order valence-electron chi connectivity index (χ2n) is 3.51. The van der Waals surface area contributed by atoms with Crippen molar-refractivity contribution < 1.29 is 4.79 Å². The van der Waals surface area contributed by atoms with Crippen LogP contribution in [-0.4, -0.2) is 22.9 Å². The van der Waals surface area contributed by atoms with Gasteiger partial charge in [0.25, 0.3) is 0 Å². The molecule has 0 bridgehead atoms. The molecule has 0 aromatic heterocycles. The van der Waals surface area contributed by atoms with Crippen LogP contribution in [0.3, 0.4) is 0 Å². The van der Waals surface area contributed by atoms with Gasteiger partial charge in [0.2, 0.25) is 0 Å². The lowest BCUT2D eigenvalue weighted by atomic mass is 9.86. The fourth-order valence-electron chi connectivity index (χ4n) is 2.09. The maximum atomic E-state index is 11.1. The van der Waals surface area contributed by atoms with E-state index in [1.165, 1.54) is 0 Å². The molecule has 2 nitrogen and oxygen atoms in total. The second-order valence-corrected chi connectivity index (χ2v) is 3.84. The lowest BCUT2D eigenvalue weighted by molar-refractivity contribution is 0.169. The summed E-state index contributed by atoms with van der Waals surface area (Å²) in [6.45, 7) is 0.793. The number of rotatable bonds is 0. The molecule has 1 aliphatic heterocycles. The van der Waals surface area contributed by atoms with Gasteiger partial charge in [0.05, 0.1) is 6.04 Å². The van der Waals surface area contributed by atoms with Gasteiger partial charge in [-0.3, -0.25) is 4.79 Å². The first-order valence-corrected chi connectivity index (χ1v) is 4.98. The second kappa shape index (κ2) is 3.54. The summed E-state index contributed by atoms with van der Waals surface area (Å²) in [6.07, 6.45) is 10.5. The van der Waals surface area contributed by atoms with Gasteiger partial charge in [-0.25, -0.2) is 0 Å². The summed E-state index contributed by atoms with van der Waals surface area (Å²) >= 11 is 5.51.